The number of imidazole rings is 1. The number of thiazole rings is 1. The van der Waals surface area contributed by atoms with E-state index in [1.54, 1.807) is 27.7 Å². The van der Waals surface area contributed by atoms with Crippen molar-refractivity contribution in [3.05, 3.63) is 75.5 Å². The van der Waals surface area contributed by atoms with Crippen LogP contribution in [0.1, 0.15) is 18.5 Å². The van der Waals surface area contributed by atoms with Crippen LogP contribution in [0.25, 0.3) is 27.1 Å². The molecule has 4 aromatic heterocycles. The zero-order chi connectivity index (χ0) is 21.4. The highest BCUT2D eigenvalue weighted by Crippen LogP contribution is 2.26. The summed E-state index contributed by atoms with van der Waals surface area (Å²) in [5.41, 5.74) is 3.31. The highest BCUT2D eigenvalue weighted by Gasteiger charge is 2.18. The second kappa shape index (κ2) is 8.28. The van der Waals surface area contributed by atoms with Crippen molar-refractivity contribution in [2.24, 2.45) is 0 Å². The van der Waals surface area contributed by atoms with Gasteiger partial charge in [0.25, 0.3) is 0 Å². The van der Waals surface area contributed by atoms with E-state index in [4.69, 9.17) is 11.6 Å². The molecule has 31 heavy (non-hydrogen) atoms. The van der Waals surface area contributed by atoms with Gasteiger partial charge in [0.2, 0.25) is 0 Å². The maximum absolute atomic E-state index is 13.4. The van der Waals surface area contributed by atoms with E-state index < -0.39 is 0 Å². The number of rotatable bonds is 7. The molecule has 0 saturated heterocycles. The average molecular weight is 456 g/mol. The Kier molecular flexibility index (Phi) is 5.33. The van der Waals surface area contributed by atoms with Crippen molar-refractivity contribution < 1.29 is 4.39 Å². The van der Waals surface area contributed by atoms with Crippen LogP contribution in [0.3, 0.4) is 0 Å². The minimum Gasteiger partial charge on any atom is -0.343 e. The Hall–Kier alpha value is -2.97. The highest BCUT2D eigenvalue weighted by molar-refractivity contribution is 7.12. The van der Waals surface area contributed by atoms with Crippen LogP contribution in [0.15, 0.2) is 59.1 Å². The molecule has 6 nitrogen and oxygen atoms in total. The molecule has 0 unspecified atom stereocenters. The topological polar surface area (TPSA) is 57.6 Å². The summed E-state index contributed by atoms with van der Waals surface area (Å²) in [6.07, 6.45) is 6.27. The maximum Gasteiger partial charge on any atom is 0.335 e. The summed E-state index contributed by atoms with van der Waals surface area (Å²) >= 11 is 7.61. The fraction of sp³-hybridized carbons (Fsp3) is 0.227. The predicted molar refractivity (Wildman–Crippen MR) is 122 cm³/mol. The molecule has 0 radical (unpaired) electrons. The van der Waals surface area contributed by atoms with Gasteiger partial charge in [-0.05, 0) is 43.2 Å². The molecule has 0 saturated carbocycles. The van der Waals surface area contributed by atoms with Crippen LogP contribution < -0.4 is 5.69 Å². The fourth-order valence-electron chi connectivity index (χ4n) is 3.99. The number of hydrogen-bond donors (Lipinski definition) is 0. The third kappa shape index (κ3) is 3.55. The van der Waals surface area contributed by atoms with Crippen LogP contribution in [-0.2, 0) is 13.1 Å². The molecule has 158 valence electrons. The Morgan fingerprint density at radius 2 is 1.94 bits per heavy atom. The molecular formula is C22H19ClFN5OS. The Labute approximate surface area is 186 Å². The van der Waals surface area contributed by atoms with Crippen LogP contribution in [0.5, 0.6) is 0 Å². The normalized spacial score (nSPS) is 11.7. The summed E-state index contributed by atoms with van der Waals surface area (Å²) in [5, 5.41) is 4.12. The quantitative estimate of drug-likeness (QED) is 0.323. The summed E-state index contributed by atoms with van der Waals surface area (Å²) < 4.78 is 18.2. The number of halogens is 2. The third-order valence-electron chi connectivity index (χ3n) is 5.38. The molecule has 1 aromatic carbocycles. The number of aromatic nitrogens is 5. The van der Waals surface area contributed by atoms with Crippen LogP contribution in [-0.4, -0.2) is 30.3 Å². The van der Waals surface area contributed by atoms with E-state index in [2.05, 4.69) is 14.5 Å². The van der Waals surface area contributed by atoms with Gasteiger partial charge in [-0.3, -0.25) is 13.9 Å². The van der Waals surface area contributed by atoms with Gasteiger partial charge in [-0.25, -0.2) is 14.3 Å². The van der Waals surface area contributed by atoms with E-state index in [9.17, 15) is 9.18 Å². The number of unbranched alkanes of at least 4 members (excludes halogenated alkanes) is 1. The lowest BCUT2D eigenvalue weighted by Gasteiger charge is -2.11. The number of hydrogen-bond acceptors (Lipinski definition) is 4. The highest BCUT2D eigenvalue weighted by atomic mass is 35.5. The molecule has 0 fully saturated rings. The zero-order valence-corrected chi connectivity index (χ0v) is 18.1. The molecule has 0 bridgehead atoms. The number of nitrogens with zero attached hydrogens (tertiary/aromatic N) is 5. The van der Waals surface area contributed by atoms with Crippen molar-refractivity contribution in [1.82, 2.24) is 23.7 Å². The van der Waals surface area contributed by atoms with Gasteiger partial charge in [0.1, 0.15) is 0 Å². The number of aryl methyl sites for hydroxylation is 1. The number of fused-ring (bicyclic) bond motifs is 2. The van der Waals surface area contributed by atoms with Gasteiger partial charge in [0.05, 0.1) is 30.4 Å². The average Bonchev–Trinajstić information content (AvgIpc) is 3.46. The van der Waals surface area contributed by atoms with Gasteiger partial charge in [0, 0.05) is 45.9 Å². The standard InChI is InChI=1S/C22H19ClFN5OS/c23-16-3-4-18-15(11-16)12-17(27(18)9-2-1-6-24)14-28-20-13-25-7-5-19(20)29(22(28)30)21-26-8-10-31-21/h3-5,7-8,10-13H,1-2,6,9,14H2. The lowest BCUT2D eigenvalue weighted by atomic mass is 10.2. The first kappa shape index (κ1) is 20.0. The molecule has 0 aliphatic carbocycles. The van der Waals surface area contributed by atoms with Crippen LogP contribution in [0.2, 0.25) is 5.02 Å². The molecule has 5 rings (SSSR count). The second-order valence-corrected chi connectivity index (χ2v) is 8.58. The van der Waals surface area contributed by atoms with E-state index in [0.717, 1.165) is 27.6 Å². The first-order valence-corrected chi connectivity index (χ1v) is 11.2. The molecule has 0 amide bonds. The van der Waals surface area contributed by atoms with Crippen molar-refractivity contribution in [2.75, 3.05) is 6.67 Å². The SMILES string of the molecule is O=c1n(Cc2cc3cc(Cl)ccc3n2CCCCF)c2cnccc2n1-c1nccs1. The van der Waals surface area contributed by atoms with E-state index in [1.807, 2.05) is 35.7 Å². The predicted octanol–water partition coefficient (Wildman–Crippen LogP) is 5.05. The zero-order valence-electron chi connectivity index (χ0n) is 16.5. The first-order chi connectivity index (χ1) is 15.2. The van der Waals surface area contributed by atoms with Gasteiger partial charge >= 0.3 is 5.69 Å². The summed E-state index contributed by atoms with van der Waals surface area (Å²) in [5.74, 6) is 0. The van der Waals surface area contributed by atoms with Crippen molar-refractivity contribution in [3.63, 3.8) is 0 Å². The van der Waals surface area contributed by atoms with Crippen molar-refractivity contribution in [2.45, 2.75) is 25.9 Å². The lowest BCUT2D eigenvalue weighted by Crippen LogP contribution is -2.24. The minimum absolute atomic E-state index is 0.170. The van der Waals surface area contributed by atoms with Crippen LogP contribution in [0.4, 0.5) is 4.39 Å². The summed E-state index contributed by atoms with van der Waals surface area (Å²) in [7, 11) is 0. The Balaban J connectivity index is 1.66. The number of alkyl halides is 1. The van der Waals surface area contributed by atoms with E-state index in [0.29, 0.717) is 36.1 Å². The van der Waals surface area contributed by atoms with Gasteiger partial charge in [0.15, 0.2) is 5.13 Å². The van der Waals surface area contributed by atoms with Gasteiger partial charge in [-0.15, -0.1) is 11.3 Å². The van der Waals surface area contributed by atoms with Gasteiger partial charge in [-0.1, -0.05) is 11.6 Å². The van der Waals surface area contributed by atoms with Crippen molar-refractivity contribution in [1.29, 1.82) is 0 Å². The Bertz CT molecular complexity index is 1420. The monoisotopic (exact) mass is 455 g/mol. The van der Waals surface area contributed by atoms with Gasteiger partial charge < -0.3 is 4.57 Å². The molecule has 0 aliphatic rings. The maximum atomic E-state index is 13.4. The molecule has 9 heteroatoms. The number of benzene rings is 1. The van der Waals surface area contributed by atoms with Gasteiger partial charge in [-0.2, -0.15) is 0 Å². The first-order valence-electron chi connectivity index (χ1n) is 9.96. The smallest absolute Gasteiger partial charge is 0.335 e. The summed E-state index contributed by atoms with van der Waals surface area (Å²) in [6.45, 7) is 0.691. The fourth-order valence-corrected chi connectivity index (χ4v) is 4.81. The summed E-state index contributed by atoms with van der Waals surface area (Å²) in [6, 6.07) is 9.61. The van der Waals surface area contributed by atoms with Crippen LogP contribution in [0, 0.1) is 0 Å². The number of pyridine rings is 1. The minimum atomic E-state index is -0.340. The third-order valence-corrected chi connectivity index (χ3v) is 6.37. The molecule has 0 spiro atoms. The summed E-state index contributed by atoms with van der Waals surface area (Å²) in [4.78, 5) is 22.0. The Morgan fingerprint density at radius 3 is 2.74 bits per heavy atom. The molecule has 5 aromatic rings. The largest absolute Gasteiger partial charge is 0.343 e. The van der Waals surface area contributed by atoms with Crippen molar-refractivity contribution in [3.8, 4) is 5.13 Å². The molecule has 0 atom stereocenters. The second-order valence-electron chi connectivity index (χ2n) is 7.27. The van der Waals surface area contributed by atoms with Crippen molar-refractivity contribution >= 4 is 44.9 Å². The molecule has 0 aliphatic heterocycles. The van der Waals surface area contributed by atoms with E-state index in [-0.39, 0.29) is 12.4 Å². The molecule has 0 N–H and O–H groups in total. The van der Waals surface area contributed by atoms with E-state index in [1.165, 1.54) is 11.3 Å². The Morgan fingerprint density at radius 1 is 1.03 bits per heavy atom. The molecule has 4 heterocycles. The van der Waals surface area contributed by atoms with E-state index >= 15 is 0 Å². The van der Waals surface area contributed by atoms with Crippen LogP contribution >= 0.6 is 22.9 Å². The lowest BCUT2D eigenvalue weighted by molar-refractivity contribution is 0.447. The molecular weight excluding hydrogens is 437 g/mol.